The molecule has 1 fully saturated rings. The predicted molar refractivity (Wildman–Crippen MR) is 116 cm³/mol. The fraction of sp³-hybridized carbons (Fsp3) is 0.579. The Morgan fingerprint density at radius 1 is 1.31 bits per heavy atom. The van der Waals surface area contributed by atoms with E-state index in [-0.39, 0.29) is 11.3 Å². The third-order valence-corrected chi connectivity index (χ3v) is 5.17. The lowest BCUT2D eigenvalue weighted by atomic mass is 10.1. The number of hydrazine groups is 1. The molecule has 0 aliphatic carbocycles. The van der Waals surface area contributed by atoms with Crippen molar-refractivity contribution in [1.82, 2.24) is 15.8 Å². The Kier molecular flexibility index (Phi) is 9.07. The van der Waals surface area contributed by atoms with Crippen molar-refractivity contribution in [2.24, 2.45) is 0 Å². The number of ether oxygens (including phenoxy) is 1. The highest BCUT2D eigenvalue weighted by Gasteiger charge is 2.23. The standard InChI is InChI=1S/C19H29N5O4S/c1-22(19(29)20-10-7-13-28-2)21-18(25)15-8-9-16(17(14-15)24(26)27)23-11-5-3-4-6-12-23/h8-9,14H,3-7,10-13H2,1-2H3,(H,20,29)(H,21,25). The number of nitro benzene ring substituents is 1. The van der Waals surface area contributed by atoms with Crippen LogP contribution in [0, 0.1) is 10.1 Å². The Bertz CT molecular complexity index is 723. The van der Waals surface area contributed by atoms with Crippen LogP contribution < -0.4 is 15.6 Å². The number of nitro groups is 1. The van der Waals surface area contributed by atoms with Crippen LogP contribution in [0.1, 0.15) is 42.5 Å². The lowest BCUT2D eigenvalue weighted by Gasteiger charge is -2.23. The van der Waals surface area contributed by atoms with Gasteiger partial charge in [0.1, 0.15) is 5.69 Å². The first-order chi connectivity index (χ1) is 13.9. The highest BCUT2D eigenvalue weighted by Crippen LogP contribution is 2.31. The number of hydrogen-bond acceptors (Lipinski definition) is 6. The Balaban J connectivity index is 2.05. The molecule has 0 spiro atoms. The fourth-order valence-electron chi connectivity index (χ4n) is 3.19. The van der Waals surface area contributed by atoms with Gasteiger partial charge in [-0.3, -0.25) is 25.3 Å². The SMILES string of the molecule is COCCCNC(=S)N(C)NC(=O)c1ccc(N2CCCCCC2)c([N+](=O)[O-])c1. The van der Waals surface area contributed by atoms with Gasteiger partial charge in [0.15, 0.2) is 5.11 Å². The van der Waals surface area contributed by atoms with Gasteiger partial charge in [-0.1, -0.05) is 12.8 Å². The van der Waals surface area contributed by atoms with E-state index in [0.717, 1.165) is 45.2 Å². The number of methoxy groups -OCH3 is 1. The normalized spacial score (nSPS) is 14.1. The van der Waals surface area contributed by atoms with Gasteiger partial charge in [0.05, 0.1) is 4.92 Å². The maximum Gasteiger partial charge on any atom is 0.293 e. The molecule has 29 heavy (non-hydrogen) atoms. The van der Waals surface area contributed by atoms with Gasteiger partial charge in [-0.05, 0) is 43.6 Å². The summed E-state index contributed by atoms with van der Waals surface area (Å²) in [7, 11) is 3.24. The quantitative estimate of drug-likeness (QED) is 0.299. The van der Waals surface area contributed by atoms with E-state index in [0.29, 0.717) is 24.0 Å². The Labute approximate surface area is 176 Å². The zero-order chi connectivity index (χ0) is 21.2. The van der Waals surface area contributed by atoms with E-state index in [2.05, 4.69) is 10.7 Å². The van der Waals surface area contributed by atoms with Crippen molar-refractivity contribution in [2.75, 3.05) is 45.3 Å². The van der Waals surface area contributed by atoms with Gasteiger partial charge in [-0.15, -0.1) is 0 Å². The van der Waals surface area contributed by atoms with Crippen LogP contribution in [0.15, 0.2) is 18.2 Å². The van der Waals surface area contributed by atoms with E-state index in [9.17, 15) is 14.9 Å². The summed E-state index contributed by atoms with van der Waals surface area (Å²) < 4.78 is 4.97. The molecule has 1 heterocycles. The van der Waals surface area contributed by atoms with E-state index in [1.165, 1.54) is 11.1 Å². The number of benzene rings is 1. The highest BCUT2D eigenvalue weighted by molar-refractivity contribution is 7.80. The maximum atomic E-state index is 12.6. The molecule has 1 aliphatic heterocycles. The van der Waals surface area contributed by atoms with Crippen LogP contribution in [-0.2, 0) is 4.74 Å². The fourth-order valence-corrected chi connectivity index (χ4v) is 3.34. The summed E-state index contributed by atoms with van der Waals surface area (Å²) in [6.45, 7) is 2.80. The van der Waals surface area contributed by atoms with Crippen molar-refractivity contribution in [3.05, 3.63) is 33.9 Å². The molecule has 1 aliphatic rings. The van der Waals surface area contributed by atoms with Gasteiger partial charge < -0.3 is 15.0 Å². The molecule has 0 atom stereocenters. The molecule has 0 unspecified atom stereocenters. The van der Waals surface area contributed by atoms with Crippen LogP contribution in [0.4, 0.5) is 11.4 Å². The van der Waals surface area contributed by atoms with Gasteiger partial charge >= 0.3 is 0 Å². The van der Waals surface area contributed by atoms with E-state index in [1.807, 2.05) is 4.90 Å². The molecular formula is C19H29N5O4S. The third kappa shape index (κ3) is 6.82. The number of amides is 1. The molecular weight excluding hydrogens is 394 g/mol. The first-order valence-corrected chi connectivity index (χ1v) is 10.2. The summed E-state index contributed by atoms with van der Waals surface area (Å²) in [5.41, 5.74) is 3.36. The molecule has 1 amide bonds. The number of nitrogens with zero attached hydrogens (tertiary/aromatic N) is 3. The Morgan fingerprint density at radius 3 is 2.62 bits per heavy atom. The van der Waals surface area contributed by atoms with Gasteiger partial charge in [-0.2, -0.15) is 0 Å². The largest absolute Gasteiger partial charge is 0.385 e. The minimum atomic E-state index is -0.459. The Morgan fingerprint density at radius 2 is 2.00 bits per heavy atom. The lowest BCUT2D eigenvalue weighted by molar-refractivity contribution is -0.384. The molecule has 1 aromatic rings. The minimum absolute atomic E-state index is 0.0533. The molecule has 0 bridgehead atoms. The number of hydrogen-bond donors (Lipinski definition) is 2. The average Bonchev–Trinajstić information content (AvgIpc) is 2.99. The number of anilines is 1. The molecule has 2 N–H and O–H groups in total. The third-order valence-electron chi connectivity index (χ3n) is 4.76. The van der Waals surface area contributed by atoms with Crippen molar-refractivity contribution < 1.29 is 14.5 Å². The van der Waals surface area contributed by atoms with Crippen molar-refractivity contribution in [1.29, 1.82) is 0 Å². The molecule has 9 nitrogen and oxygen atoms in total. The second kappa shape index (κ2) is 11.5. The van der Waals surface area contributed by atoms with Crippen LogP contribution in [0.5, 0.6) is 0 Å². The smallest absolute Gasteiger partial charge is 0.293 e. The number of carbonyl (C=O) groups excluding carboxylic acids is 1. The summed E-state index contributed by atoms with van der Waals surface area (Å²) in [6.07, 6.45) is 5.08. The second-order valence-corrected chi connectivity index (χ2v) is 7.33. The van der Waals surface area contributed by atoms with Crippen molar-refractivity contribution in [2.45, 2.75) is 32.1 Å². The summed E-state index contributed by atoms with van der Waals surface area (Å²) in [4.78, 5) is 25.8. The molecule has 0 saturated carbocycles. The number of carbonyl (C=O) groups is 1. The molecule has 160 valence electrons. The summed E-state index contributed by atoms with van der Waals surface area (Å²) in [6, 6.07) is 4.61. The van der Waals surface area contributed by atoms with E-state index in [4.69, 9.17) is 17.0 Å². The van der Waals surface area contributed by atoms with Crippen LogP contribution in [-0.4, -0.2) is 61.4 Å². The van der Waals surface area contributed by atoms with Crippen LogP contribution in [0.3, 0.4) is 0 Å². The molecule has 0 aromatic heterocycles. The van der Waals surface area contributed by atoms with Crippen LogP contribution >= 0.6 is 12.2 Å². The van der Waals surface area contributed by atoms with Crippen LogP contribution in [0.25, 0.3) is 0 Å². The van der Waals surface area contributed by atoms with Gasteiger partial charge in [-0.25, -0.2) is 0 Å². The van der Waals surface area contributed by atoms with E-state index in [1.54, 1.807) is 26.3 Å². The van der Waals surface area contributed by atoms with Gasteiger partial charge in [0, 0.05) is 52.0 Å². The van der Waals surface area contributed by atoms with Crippen LogP contribution in [0.2, 0.25) is 0 Å². The maximum absolute atomic E-state index is 12.6. The monoisotopic (exact) mass is 423 g/mol. The lowest BCUT2D eigenvalue weighted by Crippen LogP contribution is -2.48. The van der Waals surface area contributed by atoms with Crippen molar-refractivity contribution >= 4 is 34.6 Å². The van der Waals surface area contributed by atoms with Gasteiger partial charge in [0.25, 0.3) is 11.6 Å². The number of thiocarbonyl (C=S) groups is 1. The number of rotatable bonds is 7. The molecule has 1 saturated heterocycles. The summed E-state index contributed by atoms with van der Waals surface area (Å²) in [5.74, 6) is -0.459. The van der Waals surface area contributed by atoms with Crippen molar-refractivity contribution in [3.63, 3.8) is 0 Å². The average molecular weight is 424 g/mol. The molecule has 1 aromatic carbocycles. The minimum Gasteiger partial charge on any atom is -0.385 e. The predicted octanol–water partition coefficient (Wildman–Crippen LogP) is 2.46. The molecule has 0 radical (unpaired) electrons. The van der Waals surface area contributed by atoms with Crippen molar-refractivity contribution in [3.8, 4) is 0 Å². The van der Waals surface area contributed by atoms with E-state index < -0.39 is 10.8 Å². The Hall–Kier alpha value is -2.46. The first kappa shape index (κ1) is 22.8. The highest BCUT2D eigenvalue weighted by atomic mass is 32.1. The van der Waals surface area contributed by atoms with Gasteiger partial charge in [0.2, 0.25) is 0 Å². The summed E-state index contributed by atoms with van der Waals surface area (Å²) >= 11 is 5.23. The zero-order valence-corrected chi connectivity index (χ0v) is 17.8. The second-order valence-electron chi connectivity index (χ2n) is 6.94. The van der Waals surface area contributed by atoms with E-state index >= 15 is 0 Å². The first-order valence-electron chi connectivity index (χ1n) is 9.79. The topological polar surface area (TPSA) is 100.0 Å². The molecule has 10 heteroatoms. The molecule has 2 rings (SSSR count). The summed E-state index contributed by atoms with van der Waals surface area (Å²) in [5, 5.41) is 16.4. The zero-order valence-electron chi connectivity index (χ0n) is 17.0. The number of nitrogens with one attached hydrogen (secondary N) is 2.